The van der Waals surface area contributed by atoms with Crippen molar-refractivity contribution >= 4 is 47.0 Å². The fourth-order valence-electron chi connectivity index (χ4n) is 2.20. The van der Waals surface area contributed by atoms with E-state index in [1.165, 1.54) is 11.8 Å². The molecule has 1 fully saturated rings. The zero-order chi connectivity index (χ0) is 15.5. The Bertz CT molecular complexity index is 559. The predicted octanol–water partition coefficient (Wildman–Crippen LogP) is 3.14. The zero-order valence-electron chi connectivity index (χ0n) is 11.5. The Kier molecular flexibility index (Phi) is 5.46. The van der Waals surface area contributed by atoms with Gasteiger partial charge in [-0.25, -0.2) is 4.79 Å². The van der Waals surface area contributed by atoms with Crippen LogP contribution in [0.1, 0.15) is 23.2 Å². The number of carbonyl (C=O) groups is 2. The average Bonchev–Trinajstić information content (AvgIpc) is 2.48. The van der Waals surface area contributed by atoms with Gasteiger partial charge in [0.1, 0.15) is 5.54 Å². The summed E-state index contributed by atoms with van der Waals surface area (Å²) in [6.07, 6.45) is 2.76. The summed E-state index contributed by atoms with van der Waals surface area (Å²) in [5, 5.41) is 12.5. The first kappa shape index (κ1) is 16.5. The van der Waals surface area contributed by atoms with E-state index in [1.807, 2.05) is 12.3 Å². The van der Waals surface area contributed by atoms with Crippen LogP contribution in [0.3, 0.4) is 0 Å². The van der Waals surface area contributed by atoms with Gasteiger partial charge in [-0.3, -0.25) is 4.79 Å². The summed E-state index contributed by atoms with van der Waals surface area (Å²) in [6, 6.07) is 5.18. The molecule has 4 nitrogen and oxygen atoms in total. The first-order chi connectivity index (χ1) is 9.98. The molecule has 0 aromatic heterocycles. The van der Waals surface area contributed by atoms with Crippen LogP contribution in [0.5, 0.6) is 0 Å². The number of benzene rings is 1. The highest BCUT2D eigenvalue weighted by Gasteiger charge is 2.41. The molecule has 0 bridgehead atoms. The van der Waals surface area contributed by atoms with Gasteiger partial charge < -0.3 is 10.4 Å². The minimum atomic E-state index is -1.18. The van der Waals surface area contributed by atoms with Gasteiger partial charge in [-0.15, -0.1) is 11.8 Å². The number of carbonyl (C=O) groups excluding carboxylic acids is 1. The Labute approximate surface area is 137 Å². The number of amides is 1. The quantitative estimate of drug-likeness (QED) is 0.821. The Hall–Kier alpha value is -0.850. The van der Waals surface area contributed by atoms with Crippen molar-refractivity contribution in [3.8, 4) is 0 Å². The van der Waals surface area contributed by atoms with Crippen LogP contribution < -0.4 is 5.32 Å². The third-order valence-electron chi connectivity index (χ3n) is 3.53. The van der Waals surface area contributed by atoms with E-state index < -0.39 is 17.4 Å². The van der Waals surface area contributed by atoms with E-state index in [9.17, 15) is 14.7 Å². The van der Waals surface area contributed by atoms with Crippen molar-refractivity contribution < 1.29 is 14.7 Å². The molecule has 21 heavy (non-hydrogen) atoms. The van der Waals surface area contributed by atoms with E-state index in [-0.39, 0.29) is 0 Å². The molecule has 1 aliphatic heterocycles. The number of hydrogen-bond acceptors (Lipinski definition) is 4. The highest BCUT2D eigenvalue weighted by molar-refractivity contribution is 7.99. The molecule has 1 aromatic carbocycles. The van der Waals surface area contributed by atoms with Gasteiger partial charge in [0.15, 0.2) is 0 Å². The van der Waals surface area contributed by atoms with Crippen LogP contribution in [-0.4, -0.2) is 40.3 Å². The van der Waals surface area contributed by atoms with Gasteiger partial charge >= 0.3 is 5.97 Å². The molecule has 0 atom stereocenters. The Morgan fingerprint density at radius 3 is 2.62 bits per heavy atom. The first-order valence-electron chi connectivity index (χ1n) is 6.46. The summed E-state index contributed by atoms with van der Waals surface area (Å²) in [6.45, 7) is 0. The molecule has 0 aliphatic carbocycles. The maximum absolute atomic E-state index is 12.4. The van der Waals surface area contributed by atoms with Gasteiger partial charge in [-0.05, 0) is 48.8 Å². The van der Waals surface area contributed by atoms with E-state index in [0.717, 1.165) is 16.4 Å². The third kappa shape index (κ3) is 3.67. The van der Waals surface area contributed by atoms with Crippen molar-refractivity contribution in [1.82, 2.24) is 5.32 Å². The van der Waals surface area contributed by atoms with Crippen molar-refractivity contribution in [2.24, 2.45) is 0 Å². The van der Waals surface area contributed by atoms with Gasteiger partial charge in [-0.1, -0.05) is 11.6 Å². The lowest BCUT2D eigenvalue weighted by Gasteiger charge is -2.33. The maximum atomic E-state index is 12.4. The van der Waals surface area contributed by atoms with Crippen LogP contribution in [-0.2, 0) is 4.79 Å². The summed E-state index contributed by atoms with van der Waals surface area (Å²) in [5.41, 5.74) is -0.858. The molecule has 1 saturated heterocycles. The van der Waals surface area contributed by atoms with Crippen molar-refractivity contribution in [3.63, 3.8) is 0 Å². The standard InChI is InChI=1S/C14H16ClNO3S2/c1-20-9-2-3-11(15)10(8-9)12(17)16-14(13(18)19)4-6-21-7-5-14/h2-3,8H,4-7H2,1H3,(H,16,17)(H,18,19). The zero-order valence-corrected chi connectivity index (χ0v) is 13.9. The highest BCUT2D eigenvalue weighted by atomic mass is 35.5. The Morgan fingerprint density at radius 2 is 2.05 bits per heavy atom. The molecule has 0 radical (unpaired) electrons. The second-order valence-electron chi connectivity index (χ2n) is 4.80. The minimum absolute atomic E-state index is 0.322. The Balaban J connectivity index is 2.25. The molecule has 1 heterocycles. The van der Waals surface area contributed by atoms with Crippen molar-refractivity contribution in [3.05, 3.63) is 28.8 Å². The molecular weight excluding hydrogens is 330 g/mol. The molecule has 0 spiro atoms. The van der Waals surface area contributed by atoms with E-state index in [2.05, 4.69) is 5.32 Å². The summed E-state index contributed by atoms with van der Waals surface area (Å²) in [5.74, 6) is 0.0505. The third-order valence-corrected chi connectivity index (χ3v) is 5.57. The minimum Gasteiger partial charge on any atom is -0.480 e. The van der Waals surface area contributed by atoms with Crippen molar-refractivity contribution in [1.29, 1.82) is 0 Å². The summed E-state index contributed by atoms with van der Waals surface area (Å²) < 4.78 is 0. The van der Waals surface area contributed by atoms with E-state index in [4.69, 9.17) is 11.6 Å². The normalized spacial score (nSPS) is 17.2. The molecule has 1 aliphatic rings. The van der Waals surface area contributed by atoms with Crippen LogP contribution in [0.4, 0.5) is 0 Å². The maximum Gasteiger partial charge on any atom is 0.329 e. The van der Waals surface area contributed by atoms with E-state index in [0.29, 0.717) is 23.4 Å². The second kappa shape index (κ2) is 6.94. The number of halogens is 1. The number of thioether (sulfide) groups is 2. The van der Waals surface area contributed by atoms with Crippen LogP contribution in [0.25, 0.3) is 0 Å². The van der Waals surface area contributed by atoms with Crippen LogP contribution >= 0.6 is 35.1 Å². The van der Waals surface area contributed by atoms with Crippen LogP contribution in [0, 0.1) is 0 Å². The van der Waals surface area contributed by atoms with E-state index in [1.54, 1.807) is 23.9 Å². The molecular formula is C14H16ClNO3S2. The molecule has 0 saturated carbocycles. The molecule has 1 amide bonds. The predicted molar refractivity (Wildman–Crippen MR) is 87.6 cm³/mol. The second-order valence-corrected chi connectivity index (χ2v) is 7.31. The first-order valence-corrected chi connectivity index (χ1v) is 9.21. The lowest BCUT2D eigenvalue weighted by Crippen LogP contribution is -2.56. The van der Waals surface area contributed by atoms with Gasteiger partial charge in [0.05, 0.1) is 10.6 Å². The van der Waals surface area contributed by atoms with E-state index >= 15 is 0 Å². The van der Waals surface area contributed by atoms with Crippen LogP contribution in [0.2, 0.25) is 5.02 Å². The molecule has 0 unspecified atom stereocenters. The topological polar surface area (TPSA) is 66.4 Å². The SMILES string of the molecule is CSc1ccc(Cl)c(C(=O)NC2(C(=O)O)CCSCC2)c1. The van der Waals surface area contributed by atoms with Gasteiger partial charge in [0.2, 0.25) is 0 Å². The number of aliphatic carboxylic acids is 1. The summed E-state index contributed by atoms with van der Waals surface area (Å²) in [7, 11) is 0. The number of carboxylic acid groups (broad SMARTS) is 1. The van der Waals surface area contributed by atoms with Crippen molar-refractivity contribution in [2.75, 3.05) is 17.8 Å². The smallest absolute Gasteiger partial charge is 0.329 e. The number of carboxylic acids is 1. The fourth-order valence-corrected chi connectivity index (χ4v) is 4.04. The van der Waals surface area contributed by atoms with Gasteiger partial charge in [0.25, 0.3) is 5.91 Å². The highest BCUT2D eigenvalue weighted by Crippen LogP contribution is 2.29. The van der Waals surface area contributed by atoms with Gasteiger partial charge in [0, 0.05) is 4.90 Å². The largest absolute Gasteiger partial charge is 0.480 e. The summed E-state index contributed by atoms with van der Waals surface area (Å²) in [4.78, 5) is 24.9. The van der Waals surface area contributed by atoms with Crippen LogP contribution in [0.15, 0.2) is 23.1 Å². The number of hydrogen-bond donors (Lipinski definition) is 2. The van der Waals surface area contributed by atoms with Crippen molar-refractivity contribution in [2.45, 2.75) is 23.3 Å². The summed E-state index contributed by atoms with van der Waals surface area (Å²) >= 11 is 9.27. The molecule has 114 valence electrons. The molecule has 7 heteroatoms. The molecule has 2 N–H and O–H groups in total. The molecule has 2 rings (SSSR count). The lowest BCUT2D eigenvalue weighted by molar-refractivity contribution is -0.144. The number of nitrogens with one attached hydrogen (secondary N) is 1. The molecule has 1 aromatic rings. The lowest BCUT2D eigenvalue weighted by atomic mass is 9.92. The van der Waals surface area contributed by atoms with Gasteiger partial charge in [-0.2, -0.15) is 11.8 Å². The average molecular weight is 346 g/mol. The monoisotopic (exact) mass is 345 g/mol. The Morgan fingerprint density at radius 1 is 1.38 bits per heavy atom. The number of rotatable bonds is 4. The fraction of sp³-hybridized carbons (Fsp3) is 0.429.